The molecule has 0 aromatic heterocycles. The van der Waals surface area contributed by atoms with E-state index in [0.717, 1.165) is 25.6 Å². The molecule has 0 saturated heterocycles. The Morgan fingerprint density at radius 1 is 1.36 bits per heavy atom. The third kappa shape index (κ3) is 8.05. The number of nitrogens with zero attached hydrogens (tertiary/aromatic N) is 1. The Morgan fingerprint density at radius 3 is 2.50 bits per heavy atom. The van der Waals surface area contributed by atoms with Crippen LogP contribution in [0.2, 0.25) is 0 Å². The molecule has 0 spiro atoms. The number of hydrogen-bond acceptors (Lipinski definition) is 2. The van der Waals surface area contributed by atoms with Gasteiger partial charge in [-0.1, -0.05) is 13.8 Å². The quantitative estimate of drug-likeness (QED) is 0.632. The van der Waals surface area contributed by atoms with Gasteiger partial charge >= 0.3 is 0 Å². The predicted molar refractivity (Wildman–Crippen MR) is 60.3 cm³/mol. The maximum absolute atomic E-state index is 10.9. The molecule has 3 nitrogen and oxygen atoms in total. The van der Waals surface area contributed by atoms with Crippen molar-refractivity contribution >= 4 is 5.91 Å². The van der Waals surface area contributed by atoms with Crippen LogP contribution in [-0.2, 0) is 4.79 Å². The molecule has 1 N–H and O–H groups in total. The molecule has 0 heterocycles. The Hall–Kier alpha value is -0.570. The summed E-state index contributed by atoms with van der Waals surface area (Å²) in [5, 5.41) is 3.33. The molecule has 0 aliphatic rings. The van der Waals surface area contributed by atoms with Gasteiger partial charge in [0, 0.05) is 27.1 Å². The van der Waals surface area contributed by atoms with Crippen molar-refractivity contribution in [1.29, 1.82) is 0 Å². The predicted octanol–water partition coefficient (Wildman–Crippen LogP) is 1.49. The van der Waals surface area contributed by atoms with E-state index in [2.05, 4.69) is 19.2 Å². The zero-order valence-corrected chi connectivity index (χ0v) is 9.97. The lowest BCUT2D eigenvalue weighted by Crippen LogP contribution is -2.32. The molecule has 0 radical (unpaired) electrons. The van der Waals surface area contributed by atoms with Crippen LogP contribution in [0.4, 0.5) is 0 Å². The summed E-state index contributed by atoms with van der Waals surface area (Å²) in [7, 11) is 1.83. The van der Waals surface area contributed by atoms with Crippen LogP contribution >= 0.6 is 0 Å². The minimum absolute atomic E-state index is 0.133. The Balaban J connectivity index is 3.17. The molecule has 0 aromatic carbocycles. The zero-order chi connectivity index (χ0) is 11.0. The topological polar surface area (TPSA) is 32.3 Å². The number of carbonyl (C=O) groups excluding carboxylic acids is 1. The van der Waals surface area contributed by atoms with Gasteiger partial charge in [0.25, 0.3) is 0 Å². The molecule has 0 fully saturated rings. The largest absolute Gasteiger partial charge is 0.345 e. The minimum Gasteiger partial charge on any atom is -0.345 e. The lowest BCUT2D eigenvalue weighted by molar-refractivity contribution is -0.127. The molecule has 0 aliphatic carbocycles. The molecule has 14 heavy (non-hydrogen) atoms. The lowest BCUT2D eigenvalue weighted by atomic mass is 10.1. The van der Waals surface area contributed by atoms with Gasteiger partial charge in [-0.15, -0.1) is 0 Å². The van der Waals surface area contributed by atoms with Crippen molar-refractivity contribution < 1.29 is 4.79 Å². The molecule has 3 heteroatoms. The van der Waals surface area contributed by atoms with Crippen molar-refractivity contribution in [3.05, 3.63) is 0 Å². The van der Waals surface area contributed by atoms with Crippen LogP contribution < -0.4 is 5.32 Å². The van der Waals surface area contributed by atoms with E-state index < -0.39 is 0 Å². The van der Waals surface area contributed by atoms with Crippen LogP contribution in [0.25, 0.3) is 0 Å². The summed E-state index contributed by atoms with van der Waals surface area (Å²) in [6, 6.07) is 0. The van der Waals surface area contributed by atoms with E-state index in [1.165, 1.54) is 12.8 Å². The highest BCUT2D eigenvalue weighted by atomic mass is 16.2. The van der Waals surface area contributed by atoms with Gasteiger partial charge in [-0.25, -0.2) is 0 Å². The zero-order valence-electron chi connectivity index (χ0n) is 9.97. The molecule has 0 aliphatic heterocycles. The van der Waals surface area contributed by atoms with Crippen LogP contribution in [0.5, 0.6) is 0 Å². The number of likely N-dealkylation sites (N-methyl/N-ethyl adjacent to an activating group) is 1. The first-order valence-electron chi connectivity index (χ1n) is 5.46. The first-order chi connectivity index (χ1) is 6.54. The molecular formula is C11H24N2O. The average molecular weight is 200 g/mol. The summed E-state index contributed by atoms with van der Waals surface area (Å²) < 4.78 is 0. The highest BCUT2D eigenvalue weighted by Crippen LogP contribution is 2.01. The van der Waals surface area contributed by atoms with Gasteiger partial charge in [0.1, 0.15) is 0 Å². The maximum Gasteiger partial charge on any atom is 0.219 e. The third-order valence-corrected chi connectivity index (χ3v) is 2.30. The molecule has 84 valence electrons. The van der Waals surface area contributed by atoms with E-state index in [9.17, 15) is 4.79 Å². The van der Waals surface area contributed by atoms with E-state index in [4.69, 9.17) is 0 Å². The van der Waals surface area contributed by atoms with Crippen LogP contribution in [0.15, 0.2) is 0 Å². The van der Waals surface area contributed by atoms with Crippen molar-refractivity contribution in [3.63, 3.8) is 0 Å². The second-order valence-electron chi connectivity index (χ2n) is 4.23. The van der Waals surface area contributed by atoms with E-state index in [1.54, 1.807) is 11.8 Å². The van der Waals surface area contributed by atoms with Gasteiger partial charge in [-0.3, -0.25) is 4.79 Å². The number of rotatable bonds is 7. The molecule has 0 atom stereocenters. The number of carbonyl (C=O) groups is 1. The molecule has 1 amide bonds. The Morgan fingerprint density at radius 2 is 2.00 bits per heavy atom. The van der Waals surface area contributed by atoms with Gasteiger partial charge in [0.2, 0.25) is 5.91 Å². The van der Waals surface area contributed by atoms with Crippen molar-refractivity contribution in [1.82, 2.24) is 10.2 Å². The summed E-state index contributed by atoms with van der Waals surface area (Å²) in [6.45, 7) is 8.83. The second kappa shape index (κ2) is 7.80. The lowest BCUT2D eigenvalue weighted by Gasteiger charge is -2.15. The molecule has 0 saturated carbocycles. The first kappa shape index (κ1) is 13.4. The minimum atomic E-state index is 0.133. The van der Waals surface area contributed by atoms with Crippen molar-refractivity contribution in [2.75, 3.05) is 26.7 Å². The van der Waals surface area contributed by atoms with Gasteiger partial charge in [-0.2, -0.15) is 0 Å². The normalized spacial score (nSPS) is 10.6. The fourth-order valence-electron chi connectivity index (χ4n) is 1.16. The van der Waals surface area contributed by atoms with Gasteiger partial charge in [0.05, 0.1) is 0 Å². The summed E-state index contributed by atoms with van der Waals surface area (Å²) in [6.07, 6.45) is 2.50. The van der Waals surface area contributed by atoms with Gasteiger partial charge in [-0.05, 0) is 25.3 Å². The average Bonchev–Trinajstić information content (AvgIpc) is 2.09. The highest BCUT2D eigenvalue weighted by molar-refractivity contribution is 5.72. The maximum atomic E-state index is 10.9. The number of nitrogens with one attached hydrogen (secondary N) is 1. The van der Waals surface area contributed by atoms with E-state index >= 15 is 0 Å². The third-order valence-electron chi connectivity index (χ3n) is 2.30. The monoisotopic (exact) mass is 200 g/mol. The fraction of sp³-hybridized carbons (Fsp3) is 0.909. The highest BCUT2D eigenvalue weighted by Gasteiger charge is 2.00. The van der Waals surface area contributed by atoms with Crippen LogP contribution in [-0.4, -0.2) is 37.5 Å². The summed E-state index contributed by atoms with van der Waals surface area (Å²) in [5.74, 6) is 0.922. The smallest absolute Gasteiger partial charge is 0.219 e. The molecule has 0 unspecified atom stereocenters. The number of amides is 1. The summed E-state index contributed by atoms with van der Waals surface area (Å²) in [4.78, 5) is 12.6. The Kier molecular flexibility index (Phi) is 7.48. The fourth-order valence-corrected chi connectivity index (χ4v) is 1.16. The first-order valence-corrected chi connectivity index (χ1v) is 5.46. The number of hydrogen-bond donors (Lipinski definition) is 1. The standard InChI is InChI=1S/C11H24N2O/c1-10(2)6-5-7-12-8-9-13(4)11(3)14/h10,12H,5-9H2,1-4H3. The Labute approximate surface area is 87.9 Å². The molecule has 0 bridgehead atoms. The van der Waals surface area contributed by atoms with Crippen LogP contribution in [0, 0.1) is 5.92 Å². The SMILES string of the molecule is CC(=O)N(C)CCNCCCC(C)C. The van der Waals surface area contributed by atoms with Crippen LogP contribution in [0.3, 0.4) is 0 Å². The Bertz CT molecular complexity index is 157. The van der Waals surface area contributed by atoms with Crippen molar-refractivity contribution in [3.8, 4) is 0 Å². The second-order valence-corrected chi connectivity index (χ2v) is 4.23. The summed E-state index contributed by atoms with van der Waals surface area (Å²) >= 11 is 0. The van der Waals surface area contributed by atoms with Crippen molar-refractivity contribution in [2.45, 2.75) is 33.6 Å². The van der Waals surface area contributed by atoms with E-state index in [-0.39, 0.29) is 5.91 Å². The van der Waals surface area contributed by atoms with Crippen LogP contribution in [0.1, 0.15) is 33.6 Å². The molecule has 0 aromatic rings. The summed E-state index contributed by atoms with van der Waals surface area (Å²) in [5.41, 5.74) is 0. The van der Waals surface area contributed by atoms with Crippen molar-refractivity contribution in [2.24, 2.45) is 5.92 Å². The van der Waals surface area contributed by atoms with E-state index in [0.29, 0.717) is 0 Å². The van der Waals surface area contributed by atoms with Gasteiger partial charge in [0.15, 0.2) is 0 Å². The van der Waals surface area contributed by atoms with Gasteiger partial charge < -0.3 is 10.2 Å². The molecule has 0 rings (SSSR count). The van der Waals surface area contributed by atoms with E-state index in [1.807, 2.05) is 7.05 Å². The molecular weight excluding hydrogens is 176 g/mol.